The van der Waals surface area contributed by atoms with Crippen molar-refractivity contribution in [2.75, 3.05) is 52.5 Å². The Labute approximate surface area is 105 Å². The second-order valence-corrected chi connectivity index (χ2v) is 5.69. The van der Waals surface area contributed by atoms with E-state index in [1.165, 1.54) is 26.1 Å². The molecule has 2 aliphatic heterocycles. The fraction of sp³-hybridized carbons (Fsp3) is 1.00. The number of rotatable bonds is 5. The molecule has 0 aromatic carbocycles. The van der Waals surface area contributed by atoms with Gasteiger partial charge in [0.05, 0.1) is 13.2 Å². The van der Waals surface area contributed by atoms with Crippen LogP contribution in [0.1, 0.15) is 20.3 Å². The first-order valence-electron chi connectivity index (χ1n) is 7.04. The van der Waals surface area contributed by atoms with Gasteiger partial charge in [0.2, 0.25) is 0 Å². The van der Waals surface area contributed by atoms with Crippen LogP contribution in [0, 0.1) is 11.8 Å². The van der Waals surface area contributed by atoms with Crippen molar-refractivity contribution in [3.63, 3.8) is 0 Å². The van der Waals surface area contributed by atoms with E-state index in [-0.39, 0.29) is 0 Å². The molecule has 17 heavy (non-hydrogen) atoms. The van der Waals surface area contributed by atoms with Gasteiger partial charge in [-0.2, -0.15) is 0 Å². The first kappa shape index (κ1) is 13.3. The Hall–Kier alpha value is -0.160. The molecule has 1 unspecified atom stereocenters. The molecule has 4 nitrogen and oxygen atoms in total. The molecule has 100 valence electrons. The molecule has 1 atom stereocenters. The van der Waals surface area contributed by atoms with Crippen LogP contribution in [-0.4, -0.2) is 62.5 Å². The summed E-state index contributed by atoms with van der Waals surface area (Å²) in [5, 5.41) is 8.59. The normalized spacial score (nSPS) is 28.1. The number of morpholine rings is 1. The molecule has 2 saturated heterocycles. The van der Waals surface area contributed by atoms with E-state index in [1.807, 2.05) is 0 Å². The first-order valence-corrected chi connectivity index (χ1v) is 7.04. The van der Waals surface area contributed by atoms with Gasteiger partial charge < -0.3 is 10.1 Å². The van der Waals surface area contributed by atoms with E-state index in [2.05, 4.69) is 29.2 Å². The van der Waals surface area contributed by atoms with Crippen LogP contribution in [-0.2, 0) is 4.74 Å². The molecule has 0 spiro atoms. The van der Waals surface area contributed by atoms with E-state index in [0.29, 0.717) is 0 Å². The van der Waals surface area contributed by atoms with E-state index >= 15 is 0 Å². The molecule has 0 aromatic rings. The van der Waals surface area contributed by atoms with E-state index in [0.717, 1.165) is 44.7 Å². The molecule has 0 saturated carbocycles. The van der Waals surface area contributed by atoms with Crippen LogP contribution in [0.2, 0.25) is 0 Å². The molecule has 0 aliphatic carbocycles. The topological polar surface area (TPSA) is 27.7 Å². The number of nitrogens with one attached hydrogen (secondary N) is 1. The average Bonchev–Trinajstić information content (AvgIpc) is 2.78. The third-order valence-corrected chi connectivity index (χ3v) is 3.64. The summed E-state index contributed by atoms with van der Waals surface area (Å²) in [4.78, 5) is 0. The SMILES string of the molecule is CC(C)CNCC1CCN(N2CCOCC2)C1. The van der Waals surface area contributed by atoms with E-state index in [9.17, 15) is 0 Å². The highest BCUT2D eigenvalue weighted by molar-refractivity contribution is 4.77. The highest BCUT2D eigenvalue weighted by atomic mass is 16.5. The fourth-order valence-corrected chi connectivity index (χ4v) is 2.65. The zero-order valence-electron chi connectivity index (χ0n) is 11.3. The van der Waals surface area contributed by atoms with Crippen LogP contribution in [0.4, 0.5) is 0 Å². The molecule has 0 aromatic heterocycles. The first-order chi connectivity index (χ1) is 8.25. The lowest BCUT2D eigenvalue weighted by Gasteiger charge is -2.34. The third kappa shape index (κ3) is 4.21. The lowest BCUT2D eigenvalue weighted by atomic mass is 10.1. The predicted molar refractivity (Wildman–Crippen MR) is 69.8 cm³/mol. The highest BCUT2D eigenvalue weighted by Gasteiger charge is 2.27. The van der Waals surface area contributed by atoms with Crippen molar-refractivity contribution in [1.29, 1.82) is 0 Å². The van der Waals surface area contributed by atoms with Crippen molar-refractivity contribution in [3.05, 3.63) is 0 Å². The third-order valence-electron chi connectivity index (χ3n) is 3.64. The smallest absolute Gasteiger partial charge is 0.0608 e. The molecule has 4 heteroatoms. The minimum Gasteiger partial charge on any atom is -0.379 e. The molecular weight excluding hydrogens is 214 g/mol. The summed E-state index contributed by atoms with van der Waals surface area (Å²) in [7, 11) is 0. The van der Waals surface area contributed by atoms with E-state index < -0.39 is 0 Å². The summed E-state index contributed by atoms with van der Waals surface area (Å²) >= 11 is 0. The molecule has 2 heterocycles. The van der Waals surface area contributed by atoms with Crippen molar-refractivity contribution < 1.29 is 4.74 Å². The van der Waals surface area contributed by atoms with Crippen LogP contribution in [0.3, 0.4) is 0 Å². The highest BCUT2D eigenvalue weighted by Crippen LogP contribution is 2.18. The van der Waals surface area contributed by atoms with Gasteiger partial charge in [0, 0.05) is 26.2 Å². The van der Waals surface area contributed by atoms with Crippen molar-refractivity contribution in [2.24, 2.45) is 11.8 Å². The van der Waals surface area contributed by atoms with Gasteiger partial charge in [0.25, 0.3) is 0 Å². The summed E-state index contributed by atoms with van der Waals surface area (Å²) in [6.45, 7) is 13.3. The minimum atomic E-state index is 0.756. The lowest BCUT2D eigenvalue weighted by Crippen LogP contribution is -2.47. The number of hydrogen-bond acceptors (Lipinski definition) is 4. The van der Waals surface area contributed by atoms with Crippen molar-refractivity contribution in [3.8, 4) is 0 Å². The Bertz CT molecular complexity index is 217. The molecule has 1 N–H and O–H groups in total. The lowest BCUT2D eigenvalue weighted by molar-refractivity contribution is -0.0790. The van der Waals surface area contributed by atoms with Gasteiger partial charge in [0.1, 0.15) is 0 Å². The maximum Gasteiger partial charge on any atom is 0.0608 e. The monoisotopic (exact) mass is 241 g/mol. The average molecular weight is 241 g/mol. The second kappa shape index (κ2) is 6.69. The molecule has 0 bridgehead atoms. The van der Waals surface area contributed by atoms with Gasteiger partial charge >= 0.3 is 0 Å². The van der Waals surface area contributed by atoms with Crippen molar-refractivity contribution in [2.45, 2.75) is 20.3 Å². The van der Waals surface area contributed by atoms with Crippen molar-refractivity contribution >= 4 is 0 Å². The van der Waals surface area contributed by atoms with Gasteiger partial charge in [-0.05, 0) is 31.3 Å². The Balaban J connectivity index is 1.64. The second-order valence-electron chi connectivity index (χ2n) is 5.69. The Morgan fingerprint density at radius 2 is 1.94 bits per heavy atom. The molecule has 0 amide bonds. The molecule has 2 aliphatic rings. The quantitative estimate of drug-likeness (QED) is 0.770. The van der Waals surface area contributed by atoms with Gasteiger partial charge in [-0.15, -0.1) is 0 Å². The Kier molecular flexibility index (Phi) is 5.22. The van der Waals surface area contributed by atoms with Gasteiger partial charge in [-0.3, -0.25) is 0 Å². The summed E-state index contributed by atoms with van der Waals surface area (Å²) < 4.78 is 5.40. The number of ether oxygens (including phenoxy) is 1. The molecule has 2 rings (SSSR count). The van der Waals surface area contributed by atoms with Crippen LogP contribution in [0.5, 0.6) is 0 Å². The predicted octanol–water partition coefficient (Wildman–Crippen LogP) is 0.801. The standard InChI is InChI=1S/C13H27N3O/c1-12(2)9-14-10-13-3-4-16(11-13)15-5-7-17-8-6-15/h12-14H,3-11H2,1-2H3. The van der Waals surface area contributed by atoms with Gasteiger partial charge in [0.15, 0.2) is 0 Å². The maximum atomic E-state index is 5.40. The number of hydrogen-bond donors (Lipinski definition) is 1. The van der Waals surface area contributed by atoms with Gasteiger partial charge in [-0.25, -0.2) is 10.0 Å². The van der Waals surface area contributed by atoms with Crippen LogP contribution in [0.15, 0.2) is 0 Å². The van der Waals surface area contributed by atoms with Crippen LogP contribution < -0.4 is 5.32 Å². The summed E-state index contributed by atoms with van der Waals surface area (Å²) in [6.07, 6.45) is 1.34. The Morgan fingerprint density at radius 3 is 2.65 bits per heavy atom. The van der Waals surface area contributed by atoms with Crippen LogP contribution >= 0.6 is 0 Å². The van der Waals surface area contributed by atoms with Crippen molar-refractivity contribution in [1.82, 2.24) is 15.3 Å². The molecule has 2 fully saturated rings. The van der Waals surface area contributed by atoms with E-state index in [1.54, 1.807) is 0 Å². The zero-order chi connectivity index (χ0) is 12.1. The summed E-state index contributed by atoms with van der Waals surface area (Å²) in [5.41, 5.74) is 0. The number of nitrogens with zero attached hydrogens (tertiary/aromatic N) is 2. The number of hydrazine groups is 1. The largest absolute Gasteiger partial charge is 0.379 e. The fourth-order valence-electron chi connectivity index (χ4n) is 2.65. The summed E-state index contributed by atoms with van der Waals surface area (Å²) in [5.74, 6) is 1.59. The van der Waals surface area contributed by atoms with Gasteiger partial charge in [-0.1, -0.05) is 13.8 Å². The maximum absolute atomic E-state index is 5.40. The van der Waals surface area contributed by atoms with E-state index in [4.69, 9.17) is 4.74 Å². The zero-order valence-corrected chi connectivity index (χ0v) is 11.3. The van der Waals surface area contributed by atoms with Crippen LogP contribution in [0.25, 0.3) is 0 Å². The summed E-state index contributed by atoms with van der Waals surface area (Å²) in [6, 6.07) is 0. The molecular formula is C13H27N3O. The minimum absolute atomic E-state index is 0.756. The Morgan fingerprint density at radius 1 is 1.18 bits per heavy atom. The molecule has 0 radical (unpaired) electrons.